The van der Waals surface area contributed by atoms with Crippen LogP contribution in [0, 0.1) is 6.92 Å². The average molecular weight is 330 g/mol. The van der Waals surface area contributed by atoms with Gasteiger partial charge in [0.05, 0.1) is 13.2 Å². The smallest absolute Gasteiger partial charge is 0.162 e. The average Bonchev–Trinajstić information content (AvgIpc) is 2.75. The molecule has 1 aliphatic rings. The van der Waals surface area contributed by atoms with Crippen molar-refractivity contribution >= 4 is 33.3 Å². The molecule has 0 atom stereocenters. The lowest BCUT2D eigenvalue weighted by Gasteiger charge is -2.09. The highest BCUT2D eigenvalue weighted by Gasteiger charge is 2.13. The van der Waals surface area contributed by atoms with Crippen LogP contribution in [0.1, 0.15) is 11.3 Å². The van der Waals surface area contributed by atoms with E-state index in [1.165, 1.54) is 4.88 Å². The quantitative estimate of drug-likeness (QED) is 0.655. The van der Waals surface area contributed by atoms with Gasteiger partial charge in [0, 0.05) is 21.6 Å². The van der Waals surface area contributed by atoms with Crippen molar-refractivity contribution in [2.24, 2.45) is 0 Å². The van der Waals surface area contributed by atoms with Gasteiger partial charge in [0.2, 0.25) is 0 Å². The van der Waals surface area contributed by atoms with Crippen molar-refractivity contribution in [1.29, 1.82) is 0 Å². The van der Waals surface area contributed by atoms with Crippen LogP contribution in [0.15, 0.2) is 40.5 Å². The number of benzene rings is 1. The summed E-state index contributed by atoms with van der Waals surface area (Å²) in [5.74, 6) is 1.63. The van der Waals surface area contributed by atoms with Gasteiger partial charge in [-0.2, -0.15) is 0 Å². The normalized spacial score (nSPS) is 14.0. The van der Waals surface area contributed by atoms with Gasteiger partial charge in [-0.25, -0.2) is 9.97 Å². The molecule has 1 aromatic carbocycles. The summed E-state index contributed by atoms with van der Waals surface area (Å²) >= 11 is 3.32. The van der Waals surface area contributed by atoms with Crippen LogP contribution < -0.4 is 9.47 Å². The van der Waals surface area contributed by atoms with E-state index in [2.05, 4.69) is 23.0 Å². The molecule has 1 aliphatic heterocycles. The van der Waals surface area contributed by atoms with Gasteiger partial charge in [0.15, 0.2) is 11.5 Å². The fourth-order valence-corrected chi connectivity index (χ4v) is 4.16. The lowest BCUT2D eigenvalue weighted by Crippen LogP contribution is -1.97. The van der Waals surface area contributed by atoms with Crippen LogP contribution >= 0.6 is 23.1 Å². The third kappa shape index (κ3) is 2.64. The first-order valence-corrected chi connectivity index (χ1v) is 8.71. The Bertz CT molecular complexity index is 832. The first-order valence-electron chi connectivity index (χ1n) is 7.08. The summed E-state index contributed by atoms with van der Waals surface area (Å²) in [6.07, 6.45) is 2.54. The Morgan fingerprint density at radius 1 is 1.09 bits per heavy atom. The van der Waals surface area contributed by atoms with Gasteiger partial charge in [-0.15, -0.1) is 11.3 Å². The molecule has 4 rings (SSSR count). The van der Waals surface area contributed by atoms with Crippen LogP contribution in [0.25, 0.3) is 10.2 Å². The Morgan fingerprint density at radius 2 is 1.95 bits per heavy atom. The predicted octanol–water partition coefficient (Wildman–Crippen LogP) is 4.31. The van der Waals surface area contributed by atoms with Gasteiger partial charge in [0.1, 0.15) is 16.2 Å². The topological polar surface area (TPSA) is 44.2 Å². The Kier molecular flexibility index (Phi) is 3.63. The van der Waals surface area contributed by atoms with E-state index in [1.54, 1.807) is 29.4 Å². The zero-order valence-corrected chi connectivity index (χ0v) is 13.7. The minimum absolute atomic E-state index is 0.697. The minimum Gasteiger partial charge on any atom is -0.490 e. The molecule has 2 aromatic heterocycles. The summed E-state index contributed by atoms with van der Waals surface area (Å²) in [6, 6.07) is 8.19. The van der Waals surface area contributed by atoms with Crippen LogP contribution in [0.2, 0.25) is 0 Å². The Balaban J connectivity index is 1.69. The lowest BCUT2D eigenvalue weighted by atomic mass is 10.3. The maximum absolute atomic E-state index is 5.75. The van der Waals surface area contributed by atoms with Crippen molar-refractivity contribution in [3.05, 3.63) is 35.5 Å². The number of hydrogen-bond donors (Lipinski definition) is 0. The van der Waals surface area contributed by atoms with Crippen LogP contribution in [-0.2, 0) is 0 Å². The Morgan fingerprint density at radius 3 is 2.86 bits per heavy atom. The van der Waals surface area contributed by atoms with Gasteiger partial charge in [0.25, 0.3) is 0 Å². The van der Waals surface area contributed by atoms with Crippen molar-refractivity contribution in [3.63, 3.8) is 0 Å². The van der Waals surface area contributed by atoms with E-state index in [4.69, 9.17) is 9.47 Å². The molecule has 22 heavy (non-hydrogen) atoms. The monoisotopic (exact) mass is 330 g/mol. The highest BCUT2D eigenvalue weighted by Crippen LogP contribution is 2.38. The van der Waals surface area contributed by atoms with E-state index in [9.17, 15) is 0 Å². The van der Waals surface area contributed by atoms with E-state index < -0.39 is 0 Å². The first kappa shape index (κ1) is 13.8. The van der Waals surface area contributed by atoms with E-state index in [0.717, 1.165) is 38.1 Å². The molecule has 0 amide bonds. The standard InChI is InChI=1S/C16H14N2O2S2/c1-10-7-12-15(21-10)17-9-18-16(12)22-11-3-4-13-14(8-11)20-6-2-5-19-13/h3-4,7-9H,2,5-6H2,1H3. The molecule has 112 valence electrons. The molecule has 0 saturated carbocycles. The molecule has 0 saturated heterocycles. The molecule has 0 spiro atoms. The van der Waals surface area contributed by atoms with E-state index in [-0.39, 0.29) is 0 Å². The molecule has 0 N–H and O–H groups in total. The first-order chi connectivity index (χ1) is 10.8. The second-order valence-electron chi connectivity index (χ2n) is 5.02. The van der Waals surface area contributed by atoms with E-state index in [1.807, 2.05) is 18.2 Å². The van der Waals surface area contributed by atoms with Gasteiger partial charge in [-0.05, 0) is 31.2 Å². The van der Waals surface area contributed by atoms with Crippen molar-refractivity contribution in [2.45, 2.75) is 23.3 Å². The summed E-state index contributed by atoms with van der Waals surface area (Å²) in [7, 11) is 0. The fourth-order valence-electron chi connectivity index (χ4n) is 2.35. The minimum atomic E-state index is 0.697. The fraction of sp³-hybridized carbons (Fsp3) is 0.250. The molecule has 0 fully saturated rings. The second kappa shape index (κ2) is 5.78. The molecule has 3 aromatic rings. The molecule has 3 heterocycles. The van der Waals surface area contributed by atoms with Gasteiger partial charge in [-0.1, -0.05) is 11.8 Å². The third-order valence-corrected chi connectivity index (χ3v) is 5.32. The molecule has 4 nitrogen and oxygen atoms in total. The summed E-state index contributed by atoms with van der Waals surface area (Å²) in [5.41, 5.74) is 0. The number of hydrogen-bond acceptors (Lipinski definition) is 6. The second-order valence-corrected chi connectivity index (χ2v) is 7.31. The number of aryl methyl sites for hydroxylation is 1. The highest BCUT2D eigenvalue weighted by atomic mass is 32.2. The number of aromatic nitrogens is 2. The maximum atomic E-state index is 5.75. The number of nitrogens with zero attached hydrogens (tertiary/aromatic N) is 2. The summed E-state index contributed by atoms with van der Waals surface area (Å²) in [4.78, 5) is 12.1. The van der Waals surface area contributed by atoms with Crippen LogP contribution in [0.4, 0.5) is 0 Å². The Labute approximate surface area is 136 Å². The SMILES string of the molecule is Cc1cc2c(Sc3ccc4c(c3)OCCCO4)ncnc2s1. The zero-order chi connectivity index (χ0) is 14.9. The maximum Gasteiger partial charge on any atom is 0.162 e. The number of ether oxygens (including phenoxy) is 2. The number of rotatable bonds is 2. The molecule has 0 unspecified atom stereocenters. The molecule has 0 aliphatic carbocycles. The van der Waals surface area contributed by atoms with Crippen LogP contribution in [0.5, 0.6) is 11.5 Å². The summed E-state index contributed by atoms with van der Waals surface area (Å²) in [6.45, 7) is 3.50. The molecular weight excluding hydrogens is 316 g/mol. The Hall–Kier alpha value is -1.79. The van der Waals surface area contributed by atoms with Gasteiger partial charge in [-0.3, -0.25) is 0 Å². The number of fused-ring (bicyclic) bond motifs is 2. The van der Waals surface area contributed by atoms with Crippen LogP contribution in [0.3, 0.4) is 0 Å². The predicted molar refractivity (Wildman–Crippen MR) is 88.3 cm³/mol. The van der Waals surface area contributed by atoms with Gasteiger partial charge < -0.3 is 9.47 Å². The van der Waals surface area contributed by atoms with Crippen molar-refractivity contribution in [3.8, 4) is 11.5 Å². The van der Waals surface area contributed by atoms with Crippen LogP contribution in [-0.4, -0.2) is 23.2 Å². The summed E-state index contributed by atoms with van der Waals surface area (Å²) in [5, 5.41) is 2.09. The highest BCUT2D eigenvalue weighted by molar-refractivity contribution is 7.99. The molecule has 0 bridgehead atoms. The zero-order valence-electron chi connectivity index (χ0n) is 12.0. The summed E-state index contributed by atoms with van der Waals surface area (Å²) < 4.78 is 11.4. The van der Waals surface area contributed by atoms with Crippen molar-refractivity contribution in [1.82, 2.24) is 9.97 Å². The van der Waals surface area contributed by atoms with E-state index >= 15 is 0 Å². The largest absolute Gasteiger partial charge is 0.490 e. The lowest BCUT2D eigenvalue weighted by molar-refractivity contribution is 0.297. The van der Waals surface area contributed by atoms with Crippen molar-refractivity contribution in [2.75, 3.05) is 13.2 Å². The molecule has 6 heteroatoms. The number of thiophene rings is 1. The molecule has 0 radical (unpaired) electrons. The van der Waals surface area contributed by atoms with Crippen molar-refractivity contribution < 1.29 is 9.47 Å². The van der Waals surface area contributed by atoms with Gasteiger partial charge >= 0.3 is 0 Å². The third-order valence-electron chi connectivity index (χ3n) is 3.35. The molecular formula is C16H14N2O2S2. The van der Waals surface area contributed by atoms with E-state index in [0.29, 0.717) is 13.2 Å².